The van der Waals surface area contributed by atoms with Gasteiger partial charge >= 0.3 is 0 Å². The van der Waals surface area contributed by atoms with Gasteiger partial charge in [0.2, 0.25) is 0 Å². The Kier molecular flexibility index (Phi) is 11.0. The highest BCUT2D eigenvalue weighted by molar-refractivity contribution is 6.30. The summed E-state index contributed by atoms with van der Waals surface area (Å²) in [5.74, 6) is 1.69. The average Bonchev–Trinajstić information content (AvgIpc) is 3.54. The van der Waals surface area contributed by atoms with Gasteiger partial charge < -0.3 is 30.5 Å². The topological polar surface area (TPSA) is 107 Å². The number of nitrogens with zero attached hydrogens (tertiary/aromatic N) is 2. The number of hydrogen-bond acceptors (Lipinski definition) is 7. The molecule has 1 amide bonds. The fourth-order valence-electron chi connectivity index (χ4n) is 7.72. The first-order valence-electron chi connectivity index (χ1n) is 17.5. The largest absolute Gasteiger partial charge is 0.487 e. The molecule has 2 fully saturated rings. The summed E-state index contributed by atoms with van der Waals surface area (Å²) in [6.07, 6.45) is 8.69. The monoisotopic (exact) mass is 660 g/mol. The number of carbonyl (C=O) groups excluding carboxylic acids is 1. The SMILES string of the molecule is CCc1ccc2c(c1)[C@@H](NC[C@@H](O)[C@H](Cc1ccccc1)NC(=O)c1cc(Cl)nc(N3CCC[C@@H](CCO)C3)c1)CC1(CCCC1)O2. The molecule has 252 valence electrons. The standard InChI is InChI=1S/C38H49ClN4O4/c1-2-26-12-13-34-30(19-26)32(23-38(47-34)15-6-7-16-38)40-24-33(45)31(20-27-9-4-3-5-10-27)41-37(46)29-21-35(39)42-36(22-29)43-17-8-11-28(25-43)14-18-44/h3-5,9-10,12-13,19,21-22,28,31-33,40,44-45H,2,6-8,11,14-18,20,23-25H2,1H3,(H,41,46)/t28-,31-,32-,33+/m0/s1. The van der Waals surface area contributed by atoms with Crippen molar-refractivity contribution in [2.75, 3.05) is 31.1 Å². The van der Waals surface area contributed by atoms with Gasteiger partial charge in [-0.2, -0.15) is 0 Å². The van der Waals surface area contributed by atoms with Crippen molar-refractivity contribution in [3.05, 3.63) is 88.1 Å². The predicted octanol–water partition coefficient (Wildman–Crippen LogP) is 6.02. The van der Waals surface area contributed by atoms with Crippen LogP contribution in [0.5, 0.6) is 5.75 Å². The third-order valence-corrected chi connectivity index (χ3v) is 10.5. The molecule has 6 rings (SSSR count). The van der Waals surface area contributed by atoms with Gasteiger partial charge in [0, 0.05) is 49.8 Å². The highest BCUT2D eigenvalue weighted by Crippen LogP contribution is 2.47. The lowest BCUT2D eigenvalue weighted by atomic mass is 9.85. The molecule has 4 atom stereocenters. The van der Waals surface area contributed by atoms with Gasteiger partial charge in [0.25, 0.3) is 5.91 Å². The molecule has 2 aromatic carbocycles. The molecule has 1 aliphatic carbocycles. The second-order valence-electron chi connectivity index (χ2n) is 13.7. The van der Waals surface area contributed by atoms with Crippen LogP contribution >= 0.6 is 11.6 Å². The maximum absolute atomic E-state index is 13.8. The smallest absolute Gasteiger partial charge is 0.251 e. The Balaban J connectivity index is 1.19. The number of nitrogens with one attached hydrogen (secondary N) is 2. The molecule has 1 saturated carbocycles. The quantitative estimate of drug-likeness (QED) is 0.176. The molecule has 1 aromatic heterocycles. The van der Waals surface area contributed by atoms with Crippen molar-refractivity contribution in [2.45, 2.75) is 94.9 Å². The summed E-state index contributed by atoms with van der Waals surface area (Å²) in [6.45, 7) is 4.24. The number of anilines is 1. The van der Waals surface area contributed by atoms with Crippen molar-refractivity contribution >= 4 is 23.3 Å². The van der Waals surface area contributed by atoms with Gasteiger partial charge in [-0.3, -0.25) is 4.79 Å². The number of fused-ring (bicyclic) bond motifs is 1. The Bertz CT molecular complexity index is 1500. The minimum Gasteiger partial charge on any atom is -0.487 e. The van der Waals surface area contributed by atoms with Gasteiger partial charge in [-0.25, -0.2) is 4.98 Å². The molecule has 1 spiro atoms. The number of hydrogen-bond donors (Lipinski definition) is 4. The van der Waals surface area contributed by atoms with E-state index in [0.29, 0.717) is 30.3 Å². The lowest BCUT2D eigenvalue weighted by molar-refractivity contribution is 0.0326. The fraction of sp³-hybridized carbons (Fsp3) is 0.526. The summed E-state index contributed by atoms with van der Waals surface area (Å²) >= 11 is 6.46. The maximum Gasteiger partial charge on any atom is 0.251 e. The van der Waals surface area contributed by atoms with Gasteiger partial charge in [0.1, 0.15) is 22.3 Å². The summed E-state index contributed by atoms with van der Waals surface area (Å²) in [5.41, 5.74) is 3.69. The van der Waals surface area contributed by atoms with Crippen molar-refractivity contribution in [3.8, 4) is 5.75 Å². The highest BCUT2D eigenvalue weighted by atomic mass is 35.5. The van der Waals surface area contributed by atoms with Crippen molar-refractivity contribution in [3.63, 3.8) is 0 Å². The molecular formula is C38H49ClN4O4. The first kappa shape index (κ1) is 33.7. The van der Waals surface area contributed by atoms with Crippen LogP contribution in [-0.2, 0) is 12.8 Å². The highest BCUT2D eigenvalue weighted by Gasteiger charge is 2.43. The van der Waals surface area contributed by atoms with E-state index in [9.17, 15) is 15.0 Å². The van der Waals surface area contributed by atoms with Crippen LogP contribution in [-0.4, -0.2) is 65.1 Å². The normalized spacial score (nSPS) is 21.6. The van der Waals surface area contributed by atoms with Crippen LogP contribution in [0, 0.1) is 5.92 Å². The summed E-state index contributed by atoms with van der Waals surface area (Å²) in [7, 11) is 0. The number of amides is 1. The van der Waals surface area contributed by atoms with E-state index in [0.717, 1.165) is 74.9 Å². The molecule has 0 radical (unpaired) electrons. The number of aliphatic hydroxyl groups is 2. The molecule has 0 bridgehead atoms. The van der Waals surface area contributed by atoms with Crippen molar-refractivity contribution in [1.82, 2.24) is 15.6 Å². The Labute approximate surface area is 283 Å². The van der Waals surface area contributed by atoms with E-state index in [1.165, 1.54) is 18.4 Å². The first-order valence-corrected chi connectivity index (χ1v) is 17.8. The number of piperidine rings is 1. The Morgan fingerprint density at radius 2 is 1.91 bits per heavy atom. The zero-order valence-corrected chi connectivity index (χ0v) is 28.2. The lowest BCUT2D eigenvalue weighted by Crippen LogP contribution is -2.50. The zero-order valence-electron chi connectivity index (χ0n) is 27.5. The van der Waals surface area contributed by atoms with Gasteiger partial charge in [0.15, 0.2) is 0 Å². The van der Waals surface area contributed by atoms with Crippen LogP contribution in [0.25, 0.3) is 0 Å². The van der Waals surface area contributed by atoms with E-state index < -0.39 is 12.1 Å². The molecule has 3 aromatic rings. The summed E-state index contributed by atoms with van der Waals surface area (Å²) in [5, 5.41) is 28.3. The summed E-state index contributed by atoms with van der Waals surface area (Å²) in [4.78, 5) is 20.5. The molecule has 9 heteroatoms. The maximum atomic E-state index is 13.8. The molecule has 4 N–H and O–H groups in total. The number of aliphatic hydroxyl groups excluding tert-OH is 2. The van der Waals surface area contributed by atoms with Crippen LogP contribution in [0.3, 0.4) is 0 Å². The second-order valence-corrected chi connectivity index (χ2v) is 14.1. The molecule has 0 unspecified atom stereocenters. The van der Waals surface area contributed by atoms with Crippen molar-refractivity contribution in [2.24, 2.45) is 5.92 Å². The number of benzene rings is 2. The first-order chi connectivity index (χ1) is 22.8. The lowest BCUT2D eigenvalue weighted by Gasteiger charge is -2.41. The third kappa shape index (κ3) is 8.29. The zero-order chi connectivity index (χ0) is 32.8. The minimum atomic E-state index is -0.850. The fourth-order valence-corrected chi connectivity index (χ4v) is 7.93. The van der Waals surface area contributed by atoms with Gasteiger partial charge in [0.05, 0.1) is 12.1 Å². The number of halogens is 1. The van der Waals surface area contributed by atoms with E-state index in [1.807, 2.05) is 30.3 Å². The van der Waals surface area contributed by atoms with E-state index in [1.54, 1.807) is 12.1 Å². The van der Waals surface area contributed by atoms with Crippen LogP contribution in [0.4, 0.5) is 5.82 Å². The van der Waals surface area contributed by atoms with Crippen LogP contribution in [0.2, 0.25) is 5.15 Å². The van der Waals surface area contributed by atoms with E-state index in [4.69, 9.17) is 16.3 Å². The minimum absolute atomic E-state index is 0.0480. The second kappa shape index (κ2) is 15.4. The van der Waals surface area contributed by atoms with Gasteiger partial charge in [-0.1, -0.05) is 61.0 Å². The Morgan fingerprint density at radius 3 is 2.68 bits per heavy atom. The number of rotatable bonds is 12. The summed E-state index contributed by atoms with van der Waals surface area (Å²) in [6, 6.07) is 19.3. The molecular weight excluding hydrogens is 612 g/mol. The number of ether oxygens (including phenoxy) is 1. The number of carbonyl (C=O) groups is 1. The molecule has 3 aliphatic rings. The molecule has 8 nitrogen and oxygen atoms in total. The number of aromatic nitrogens is 1. The predicted molar refractivity (Wildman–Crippen MR) is 186 cm³/mol. The van der Waals surface area contributed by atoms with Crippen LogP contribution < -0.4 is 20.3 Å². The van der Waals surface area contributed by atoms with E-state index in [2.05, 4.69) is 45.6 Å². The summed E-state index contributed by atoms with van der Waals surface area (Å²) < 4.78 is 6.64. The van der Waals surface area contributed by atoms with E-state index >= 15 is 0 Å². The molecule has 47 heavy (non-hydrogen) atoms. The van der Waals surface area contributed by atoms with Gasteiger partial charge in [-0.05, 0) is 93.0 Å². The van der Waals surface area contributed by atoms with Crippen LogP contribution in [0.15, 0.2) is 60.7 Å². The van der Waals surface area contributed by atoms with Crippen molar-refractivity contribution < 1.29 is 19.7 Å². The van der Waals surface area contributed by atoms with Gasteiger partial charge in [-0.15, -0.1) is 0 Å². The Hall–Kier alpha value is -3.17. The molecule has 2 aliphatic heterocycles. The Morgan fingerprint density at radius 1 is 1.11 bits per heavy atom. The third-order valence-electron chi connectivity index (χ3n) is 10.4. The average molecular weight is 661 g/mol. The van der Waals surface area contributed by atoms with Crippen molar-refractivity contribution in [1.29, 1.82) is 0 Å². The molecule has 3 heterocycles. The number of pyridine rings is 1. The van der Waals surface area contributed by atoms with E-state index in [-0.39, 0.29) is 29.3 Å². The number of aryl methyl sites for hydroxylation is 1. The van der Waals surface area contributed by atoms with Crippen LogP contribution in [0.1, 0.15) is 91.4 Å². The molecule has 1 saturated heterocycles.